The molecule has 1 aromatic carbocycles. The van der Waals surface area contributed by atoms with Crippen molar-refractivity contribution in [1.82, 2.24) is 10.2 Å². The number of quaternary nitrogens is 1. The van der Waals surface area contributed by atoms with Crippen LogP contribution in [0.3, 0.4) is 0 Å². The Kier molecular flexibility index (Phi) is 6.82. The van der Waals surface area contributed by atoms with Crippen LogP contribution in [0.25, 0.3) is 0 Å². The summed E-state index contributed by atoms with van der Waals surface area (Å²) >= 11 is 5.35. The van der Waals surface area contributed by atoms with E-state index in [0.29, 0.717) is 13.2 Å². The Morgan fingerprint density at radius 2 is 1.88 bits per heavy atom. The predicted octanol–water partition coefficient (Wildman–Crippen LogP) is 0.927. The maximum atomic E-state index is 12.6. The fraction of sp³-hybridized carbons (Fsp3) is 0.562. The third-order valence-corrected chi connectivity index (χ3v) is 4.48. The molecule has 0 radical (unpaired) electrons. The molecule has 4 nitrogen and oxygen atoms in total. The lowest BCUT2D eigenvalue weighted by Gasteiger charge is -2.34. The van der Waals surface area contributed by atoms with E-state index in [-0.39, 0.29) is 0 Å². The minimum Gasteiger partial charge on any atom is -0.383 e. The number of rotatable bonds is 5. The third kappa shape index (κ3) is 5.61. The number of halogens is 3. The summed E-state index contributed by atoms with van der Waals surface area (Å²) in [6, 6.07) is 5.44. The average molecular weight is 362 g/mol. The number of piperazine rings is 1. The number of hydrogen-bond acceptors (Lipinski definition) is 2. The molecule has 1 aliphatic rings. The van der Waals surface area contributed by atoms with Crippen LogP contribution in [0.15, 0.2) is 24.3 Å². The summed E-state index contributed by atoms with van der Waals surface area (Å²) in [6.45, 7) is 5.53. The van der Waals surface area contributed by atoms with E-state index in [9.17, 15) is 13.2 Å². The first-order valence-electron chi connectivity index (χ1n) is 7.91. The molecule has 0 unspecified atom stereocenters. The highest BCUT2D eigenvalue weighted by atomic mass is 32.1. The van der Waals surface area contributed by atoms with Crippen molar-refractivity contribution in [2.24, 2.45) is 0 Å². The van der Waals surface area contributed by atoms with Crippen LogP contribution in [0.4, 0.5) is 13.2 Å². The number of hydrogen-bond donors (Lipinski definition) is 2. The van der Waals surface area contributed by atoms with Crippen molar-refractivity contribution in [3.05, 3.63) is 35.4 Å². The van der Waals surface area contributed by atoms with E-state index in [1.807, 2.05) is 0 Å². The predicted molar refractivity (Wildman–Crippen MR) is 89.9 cm³/mol. The molecule has 1 aliphatic heterocycles. The van der Waals surface area contributed by atoms with Crippen molar-refractivity contribution >= 4 is 17.3 Å². The minimum atomic E-state index is -4.28. The van der Waals surface area contributed by atoms with Gasteiger partial charge in [-0.05, 0) is 24.4 Å². The molecule has 0 atom stereocenters. The van der Waals surface area contributed by atoms with Gasteiger partial charge in [0.1, 0.15) is 6.54 Å². The SMILES string of the molecule is COCCNC(=S)N1CC[NH+](Cc2ccc(C(F)(F)F)cc2)CC1. The molecule has 0 amide bonds. The summed E-state index contributed by atoms with van der Waals surface area (Å²) in [4.78, 5) is 3.48. The van der Waals surface area contributed by atoms with Crippen LogP contribution in [-0.4, -0.2) is 56.5 Å². The molecule has 1 fully saturated rings. The number of nitrogens with zero attached hydrogens (tertiary/aromatic N) is 1. The summed E-state index contributed by atoms with van der Waals surface area (Å²) in [5, 5.41) is 3.89. The summed E-state index contributed by atoms with van der Waals surface area (Å²) in [6.07, 6.45) is -4.28. The molecule has 1 saturated heterocycles. The topological polar surface area (TPSA) is 28.9 Å². The van der Waals surface area contributed by atoms with E-state index in [1.165, 1.54) is 4.90 Å². The fourth-order valence-electron chi connectivity index (χ4n) is 2.67. The Labute approximate surface area is 145 Å². The first-order valence-corrected chi connectivity index (χ1v) is 8.32. The normalized spacial score (nSPS) is 16.2. The van der Waals surface area contributed by atoms with Gasteiger partial charge in [0.2, 0.25) is 0 Å². The molecule has 0 aromatic heterocycles. The summed E-state index contributed by atoms with van der Waals surface area (Å²) < 4.78 is 42.7. The Morgan fingerprint density at radius 3 is 2.42 bits per heavy atom. The van der Waals surface area contributed by atoms with Crippen molar-refractivity contribution in [3.8, 4) is 0 Å². The van der Waals surface area contributed by atoms with Gasteiger partial charge < -0.3 is 19.9 Å². The monoisotopic (exact) mass is 362 g/mol. The quantitative estimate of drug-likeness (QED) is 0.602. The molecule has 0 bridgehead atoms. The highest BCUT2D eigenvalue weighted by Gasteiger charge is 2.30. The lowest BCUT2D eigenvalue weighted by Crippen LogP contribution is -3.13. The van der Waals surface area contributed by atoms with Crippen LogP contribution >= 0.6 is 12.2 Å². The van der Waals surface area contributed by atoms with Crippen molar-refractivity contribution in [2.45, 2.75) is 12.7 Å². The minimum absolute atomic E-state index is 0.599. The molecule has 0 spiro atoms. The van der Waals surface area contributed by atoms with Gasteiger partial charge >= 0.3 is 6.18 Å². The molecule has 134 valence electrons. The summed E-state index contributed by atoms with van der Waals surface area (Å²) in [5.41, 5.74) is 0.325. The lowest BCUT2D eigenvalue weighted by molar-refractivity contribution is -0.917. The highest BCUT2D eigenvalue weighted by molar-refractivity contribution is 7.80. The van der Waals surface area contributed by atoms with Gasteiger partial charge in [0.05, 0.1) is 38.3 Å². The summed E-state index contributed by atoms with van der Waals surface area (Å²) in [5.74, 6) is 0. The second-order valence-corrected chi connectivity index (χ2v) is 6.22. The Morgan fingerprint density at radius 1 is 1.25 bits per heavy atom. The van der Waals surface area contributed by atoms with Gasteiger partial charge in [-0.1, -0.05) is 12.1 Å². The molecule has 2 rings (SSSR count). The molecule has 1 heterocycles. The number of ether oxygens (including phenoxy) is 1. The number of benzene rings is 1. The van der Waals surface area contributed by atoms with Gasteiger partial charge in [-0.2, -0.15) is 13.2 Å². The summed E-state index contributed by atoms with van der Waals surface area (Å²) in [7, 11) is 1.65. The van der Waals surface area contributed by atoms with Gasteiger partial charge in [-0.3, -0.25) is 0 Å². The molecule has 8 heteroatoms. The zero-order valence-corrected chi connectivity index (χ0v) is 14.5. The van der Waals surface area contributed by atoms with Gasteiger partial charge in [-0.25, -0.2) is 0 Å². The maximum Gasteiger partial charge on any atom is 0.416 e. The van der Waals surface area contributed by atoms with Crippen LogP contribution in [0.5, 0.6) is 0 Å². The molecule has 1 aromatic rings. The van der Waals surface area contributed by atoms with E-state index in [4.69, 9.17) is 17.0 Å². The van der Waals surface area contributed by atoms with Crippen LogP contribution in [0.1, 0.15) is 11.1 Å². The smallest absolute Gasteiger partial charge is 0.383 e. The van der Waals surface area contributed by atoms with Crippen molar-refractivity contribution in [1.29, 1.82) is 0 Å². The second-order valence-electron chi connectivity index (χ2n) is 5.83. The van der Waals surface area contributed by atoms with Gasteiger partial charge in [0.25, 0.3) is 0 Å². The second kappa shape index (κ2) is 8.64. The van der Waals surface area contributed by atoms with Crippen molar-refractivity contribution in [3.63, 3.8) is 0 Å². The van der Waals surface area contributed by atoms with Gasteiger partial charge in [-0.15, -0.1) is 0 Å². The molecular formula is C16H23F3N3OS+. The largest absolute Gasteiger partial charge is 0.416 e. The molecular weight excluding hydrogens is 339 g/mol. The van der Waals surface area contributed by atoms with E-state index < -0.39 is 11.7 Å². The average Bonchev–Trinajstić information content (AvgIpc) is 2.55. The molecule has 0 aliphatic carbocycles. The van der Waals surface area contributed by atoms with Gasteiger partial charge in [0, 0.05) is 19.2 Å². The first kappa shape index (κ1) is 19.0. The lowest BCUT2D eigenvalue weighted by atomic mass is 10.1. The molecule has 24 heavy (non-hydrogen) atoms. The number of thiocarbonyl (C=S) groups is 1. The van der Waals surface area contributed by atoms with E-state index in [2.05, 4.69) is 10.2 Å². The zero-order chi connectivity index (χ0) is 17.6. The number of methoxy groups -OCH3 is 1. The third-order valence-electron chi connectivity index (χ3n) is 4.08. The molecule has 2 N–H and O–H groups in total. The van der Waals surface area contributed by atoms with Crippen molar-refractivity contribution in [2.75, 3.05) is 46.4 Å². The fourth-order valence-corrected chi connectivity index (χ4v) is 2.96. The van der Waals surface area contributed by atoms with Crippen LogP contribution < -0.4 is 10.2 Å². The highest BCUT2D eigenvalue weighted by Crippen LogP contribution is 2.28. The number of nitrogens with one attached hydrogen (secondary N) is 2. The first-order chi connectivity index (χ1) is 11.4. The zero-order valence-electron chi connectivity index (χ0n) is 13.7. The van der Waals surface area contributed by atoms with Crippen LogP contribution in [-0.2, 0) is 17.5 Å². The van der Waals surface area contributed by atoms with Crippen molar-refractivity contribution < 1.29 is 22.8 Å². The standard InChI is InChI=1S/C16H22F3N3OS/c1-23-11-6-20-15(24)22-9-7-21(8-10-22)12-13-2-4-14(5-3-13)16(17,18)19/h2-5H,6-12H2,1H3,(H,20,24)/p+1. The maximum absolute atomic E-state index is 12.6. The van der Waals surface area contributed by atoms with Crippen LogP contribution in [0.2, 0.25) is 0 Å². The Balaban J connectivity index is 1.77. The van der Waals surface area contributed by atoms with Gasteiger partial charge in [0.15, 0.2) is 5.11 Å². The number of alkyl halides is 3. The van der Waals surface area contributed by atoms with E-state index in [0.717, 1.165) is 55.5 Å². The molecule has 0 saturated carbocycles. The van der Waals surface area contributed by atoms with E-state index >= 15 is 0 Å². The Bertz CT molecular complexity index is 528. The Hall–Kier alpha value is -1.38. The van der Waals surface area contributed by atoms with E-state index in [1.54, 1.807) is 19.2 Å². The van der Waals surface area contributed by atoms with Crippen LogP contribution in [0, 0.1) is 0 Å².